The molecule has 0 spiro atoms. The molecule has 0 fully saturated rings. The predicted molar refractivity (Wildman–Crippen MR) is 115 cm³/mol. The predicted octanol–water partition coefficient (Wildman–Crippen LogP) is 4.18. The molecule has 0 unspecified atom stereocenters. The van der Waals surface area contributed by atoms with Gasteiger partial charge in [0.2, 0.25) is 5.91 Å². The van der Waals surface area contributed by atoms with Gasteiger partial charge in [0.1, 0.15) is 10.7 Å². The van der Waals surface area contributed by atoms with Crippen molar-refractivity contribution < 1.29 is 4.79 Å². The Hall–Kier alpha value is -1.34. The SMILES string of the molecule is CCCCCCNC(=O)CCSCc1nc2sc3c(c2c(=O)[nH]1)CCCC3. The Balaban J connectivity index is 1.45. The van der Waals surface area contributed by atoms with Crippen molar-refractivity contribution in [3.05, 3.63) is 26.6 Å². The number of aromatic amines is 1. The third-order valence-corrected chi connectivity index (χ3v) is 7.09. The quantitative estimate of drug-likeness (QED) is 0.579. The van der Waals surface area contributed by atoms with Crippen molar-refractivity contribution in [2.45, 2.75) is 70.5 Å². The minimum Gasteiger partial charge on any atom is -0.356 e. The molecular formula is C20H29N3O2S2. The van der Waals surface area contributed by atoms with Crippen LogP contribution >= 0.6 is 23.1 Å². The number of aryl methyl sites for hydroxylation is 2. The molecule has 0 aliphatic heterocycles. The van der Waals surface area contributed by atoms with E-state index >= 15 is 0 Å². The van der Waals surface area contributed by atoms with Crippen LogP contribution in [0.15, 0.2) is 4.79 Å². The number of thiophene rings is 1. The molecule has 148 valence electrons. The minimum atomic E-state index is -0.000165. The van der Waals surface area contributed by atoms with Crippen molar-refractivity contribution in [3.63, 3.8) is 0 Å². The first-order valence-corrected chi connectivity index (χ1v) is 12.0. The fourth-order valence-electron chi connectivity index (χ4n) is 3.48. The second kappa shape index (κ2) is 10.3. The number of hydrogen-bond acceptors (Lipinski definition) is 5. The Morgan fingerprint density at radius 2 is 2.11 bits per heavy atom. The van der Waals surface area contributed by atoms with Crippen molar-refractivity contribution in [2.75, 3.05) is 12.3 Å². The Morgan fingerprint density at radius 3 is 2.96 bits per heavy atom. The molecule has 2 aromatic heterocycles. The molecule has 0 aromatic carbocycles. The maximum atomic E-state index is 12.5. The molecule has 27 heavy (non-hydrogen) atoms. The summed E-state index contributed by atoms with van der Waals surface area (Å²) < 4.78 is 0. The van der Waals surface area contributed by atoms with E-state index in [1.807, 2.05) is 0 Å². The van der Waals surface area contributed by atoms with Crippen LogP contribution in [-0.4, -0.2) is 28.2 Å². The fraction of sp³-hybridized carbons (Fsp3) is 0.650. The van der Waals surface area contributed by atoms with Crippen LogP contribution in [0.25, 0.3) is 10.2 Å². The van der Waals surface area contributed by atoms with Crippen molar-refractivity contribution in [2.24, 2.45) is 0 Å². The number of fused-ring (bicyclic) bond motifs is 3. The van der Waals surface area contributed by atoms with Crippen molar-refractivity contribution in [1.82, 2.24) is 15.3 Å². The summed E-state index contributed by atoms with van der Waals surface area (Å²) in [7, 11) is 0. The lowest BCUT2D eigenvalue weighted by Crippen LogP contribution is -2.24. The van der Waals surface area contributed by atoms with Gasteiger partial charge in [-0.05, 0) is 37.7 Å². The molecule has 1 aliphatic carbocycles. The number of carbonyl (C=O) groups excluding carboxylic acids is 1. The first kappa shape index (κ1) is 20.4. The van der Waals surface area contributed by atoms with E-state index in [1.54, 1.807) is 23.1 Å². The summed E-state index contributed by atoms with van der Waals surface area (Å²) in [5.74, 6) is 2.21. The third-order valence-electron chi connectivity index (χ3n) is 4.94. The van der Waals surface area contributed by atoms with Gasteiger partial charge in [-0.1, -0.05) is 26.2 Å². The lowest BCUT2D eigenvalue weighted by Gasteiger charge is -2.09. The maximum absolute atomic E-state index is 12.5. The molecule has 1 aliphatic rings. The number of nitrogens with one attached hydrogen (secondary N) is 2. The zero-order chi connectivity index (χ0) is 19.1. The molecule has 0 bridgehead atoms. The summed E-state index contributed by atoms with van der Waals surface area (Å²) in [6, 6.07) is 0. The number of thioether (sulfide) groups is 1. The van der Waals surface area contributed by atoms with Gasteiger partial charge in [0.05, 0.1) is 11.1 Å². The summed E-state index contributed by atoms with van der Waals surface area (Å²) >= 11 is 3.33. The smallest absolute Gasteiger partial charge is 0.259 e. The number of carbonyl (C=O) groups is 1. The zero-order valence-electron chi connectivity index (χ0n) is 16.1. The Kier molecular flexibility index (Phi) is 7.76. The van der Waals surface area contributed by atoms with Crippen LogP contribution in [0.1, 0.15) is 68.1 Å². The fourth-order valence-corrected chi connectivity index (χ4v) is 5.56. The monoisotopic (exact) mass is 407 g/mol. The number of H-pyrrole nitrogens is 1. The van der Waals surface area contributed by atoms with Gasteiger partial charge in [-0.25, -0.2) is 4.98 Å². The lowest BCUT2D eigenvalue weighted by molar-refractivity contribution is -0.120. The highest BCUT2D eigenvalue weighted by molar-refractivity contribution is 7.98. The van der Waals surface area contributed by atoms with Crippen LogP contribution in [-0.2, 0) is 23.4 Å². The standard InChI is InChI=1S/C20H29N3O2S2/c1-2-3-4-7-11-21-17(24)10-12-26-13-16-22-19(25)18-14-8-5-6-9-15(14)27-20(18)23-16/h2-13H2,1H3,(H,21,24)(H,22,23,25). The molecule has 0 radical (unpaired) electrons. The average Bonchev–Trinajstić information content (AvgIpc) is 3.04. The van der Waals surface area contributed by atoms with Crippen LogP contribution in [0, 0.1) is 0 Å². The molecule has 2 heterocycles. The maximum Gasteiger partial charge on any atom is 0.259 e. The van der Waals surface area contributed by atoms with Gasteiger partial charge in [0.15, 0.2) is 0 Å². The molecule has 5 nitrogen and oxygen atoms in total. The Bertz CT molecular complexity index is 828. The van der Waals surface area contributed by atoms with Crippen LogP contribution in [0.5, 0.6) is 0 Å². The molecule has 3 rings (SSSR count). The number of amides is 1. The van der Waals surface area contributed by atoms with Crippen LogP contribution in [0.3, 0.4) is 0 Å². The largest absolute Gasteiger partial charge is 0.356 e. The van der Waals surface area contributed by atoms with E-state index in [4.69, 9.17) is 0 Å². The molecule has 0 atom stereocenters. The minimum absolute atomic E-state index is 0.000165. The zero-order valence-corrected chi connectivity index (χ0v) is 17.7. The van der Waals surface area contributed by atoms with Gasteiger partial charge in [0, 0.05) is 23.6 Å². The van der Waals surface area contributed by atoms with Gasteiger partial charge in [-0.15, -0.1) is 11.3 Å². The Labute approximate surface area is 168 Å². The lowest BCUT2D eigenvalue weighted by atomic mass is 9.97. The van der Waals surface area contributed by atoms with E-state index < -0.39 is 0 Å². The van der Waals surface area contributed by atoms with E-state index in [0.29, 0.717) is 12.2 Å². The van der Waals surface area contributed by atoms with Crippen LogP contribution in [0.2, 0.25) is 0 Å². The highest BCUT2D eigenvalue weighted by atomic mass is 32.2. The second-order valence-electron chi connectivity index (χ2n) is 7.12. The summed E-state index contributed by atoms with van der Waals surface area (Å²) in [6.45, 7) is 2.96. The van der Waals surface area contributed by atoms with Gasteiger partial charge >= 0.3 is 0 Å². The average molecular weight is 408 g/mol. The highest BCUT2D eigenvalue weighted by Gasteiger charge is 2.19. The molecule has 2 aromatic rings. The topological polar surface area (TPSA) is 74.8 Å². The van der Waals surface area contributed by atoms with Gasteiger partial charge in [0.25, 0.3) is 5.56 Å². The summed E-state index contributed by atoms with van der Waals surface area (Å²) in [5.41, 5.74) is 1.23. The second-order valence-corrected chi connectivity index (χ2v) is 9.31. The van der Waals surface area contributed by atoms with Gasteiger partial charge in [-0.2, -0.15) is 11.8 Å². The van der Waals surface area contributed by atoms with E-state index in [0.717, 1.165) is 54.0 Å². The number of aromatic nitrogens is 2. The molecule has 0 saturated heterocycles. The van der Waals surface area contributed by atoms with E-state index in [9.17, 15) is 9.59 Å². The molecule has 0 saturated carbocycles. The number of hydrogen-bond donors (Lipinski definition) is 2. The first-order valence-electron chi connectivity index (χ1n) is 10.1. The van der Waals surface area contributed by atoms with Crippen molar-refractivity contribution in [3.8, 4) is 0 Å². The molecule has 2 N–H and O–H groups in total. The number of unbranched alkanes of at least 4 members (excludes halogenated alkanes) is 3. The first-order chi connectivity index (χ1) is 13.2. The molecular weight excluding hydrogens is 378 g/mol. The summed E-state index contributed by atoms with van der Waals surface area (Å²) in [6.07, 6.45) is 9.64. The summed E-state index contributed by atoms with van der Waals surface area (Å²) in [5, 5.41) is 3.79. The summed E-state index contributed by atoms with van der Waals surface area (Å²) in [4.78, 5) is 34.2. The van der Waals surface area contributed by atoms with Gasteiger partial charge in [-0.3, -0.25) is 9.59 Å². The van der Waals surface area contributed by atoms with E-state index in [2.05, 4.69) is 22.2 Å². The third kappa shape index (κ3) is 5.57. The molecule has 1 amide bonds. The van der Waals surface area contributed by atoms with Crippen molar-refractivity contribution in [1.29, 1.82) is 0 Å². The van der Waals surface area contributed by atoms with Gasteiger partial charge < -0.3 is 10.3 Å². The Morgan fingerprint density at radius 1 is 1.26 bits per heavy atom. The number of nitrogens with zero attached hydrogens (tertiary/aromatic N) is 1. The number of rotatable bonds is 10. The van der Waals surface area contributed by atoms with Crippen molar-refractivity contribution >= 4 is 39.2 Å². The van der Waals surface area contributed by atoms with Crippen LogP contribution in [0.4, 0.5) is 0 Å². The van der Waals surface area contributed by atoms with Crippen LogP contribution < -0.4 is 10.9 Å². The van der Waals surface area contributed by atoms with E-state index in [1.165, 1.54) is 36.1 Å². The molecule has 7 heteroatoms. The highest BCUT2D eigenvalue weighted by Crippen LogP contribution is 2.33. The van der Waals surface area contributed by atoms with E-state index in [-0.39, 0.29) is 11.5 Å². The normalized spacial score (nSPS) is 13.7.